The average Bonchev–Trinajstić information content (AvgIpc) is 4.02. The molecule has 446 valence electrons. The summed E-state index contributed by atoms with van der Waals surface area (Å²) >= 11 is 0. The fraction of sp³-hybridized carbons (Fsp3) is 0.750. The van der Waals surface area contributed by atoms with E-state index < -0.39 is 176 Å². The van der Waals surface area contributed by atoms with Gasteiger partial charge in [-0.3, -0.25) is 43.3 Å². The predicted octanol–water partition coefficient (Wildman–Crippen LogP) is -6.61. The van der Waals surface area contributed by atoms with Crippen LogP contribution in [-0.4, -0.2) is 233 Å². The number of rotatable bonds is 20. The summed E-state index contributed by atoms with van der Waals surface area (Å²) < 4.78 is 5.58. The fourth-order valence-electron chi connectivity index (χ4n) is 9.27. The summed E-state index contributed by atoms with van der Waals surface area (Å²) in [6.45, 7) is 2.10. The maximum atomic E-state index is 14.0. The van der Waals surface area contributed by atoms with Crippen molar-refractivity contribution in [2.45, 2.75) is 202 Å². The van der Waals surface area contributed by atoms with Crippen LogP contribution in [0.15, 0.2) is 4.99 Å². The molecule has 0 radical (unpaired) electrons. The van der Waals surface area contributed by atoms with Crippen molar-refractivity contribution in [3.05, 3.63) is 0 Å². The van der Waals surface area contributed by atoms with E-state index in [4.69, 9.17) is 16.2 Å². The molecular formula is C48H79N11O20. The molecule has 3 saturated heterocycles. The molecule has 0 unspecified atom stereocenters. The number of carboxylic acids is 2. The van der Waals surface area contributed by atoms with Crippen molar-refractivity contribution in [2.75, 3.05) is 26.2 Å². The van der Waals surface area contributed by atoms with Crippen molar-refractivity contribution < 1.29 is 98.3 Å². The van der Waals surface area contributed by atoms with Gasteiger partial charge in [0, 0.05) is 19.6 Å². The van der Waals surface area contributed by atoms with E-state index in [0.29, 0.717) is 17.7 Å². The van der Waals surface area contributed by atoms with E-state index in [9.17, 15) is 93.6 Å². The second-order valence-electron chi connectivity index (χ2n) is 19.9. The number of unbranched alkanes of at least 4 members (excludes halogenated alkanes) is 8. The number of hydrogen-bond acceptors (Lipinski definition) is 19. The van der Waals surface area contributed by atoms with Gasteiger partial charge in [-0.25, -0.2) is 14.4 Å². The number of carbonyl (C=O) groups is 11. The molecule has 14 atom stereocenters. The van der Waals surface area contributed by atoms with E-state index in [1.807, 2.05) is 16.0 Å². The molecule has 3 aliphatic heterocycles. The molecule has 0 bridgehead atoms. The summed E-state index contributed by atoms with van der Waals surface area (Å²) in [4.78, 5) is 155. The van der Waals surface area contributed by atoms with E-state index in [2.05, 4.69) is 27.9 Å². The summed E-state index contributed by atoms with van der Waals surface area (Å²) in [7, 11) is 0. The molecule has 8 amide bonds. The van der Waals surface area contributed by atoms with Crippen LogP contribution in [0.2, 0.25) is 0 Å². The first-order valence-electron chi connectivity index (χ1n) is 26.4. The summed E-state index contributed by atoms with van der Waals surface area (Å²) in [5.74, 6) is -16.3. The number of aliphatic carboxylic acids is 2. The van der Waals surface area contributed by atoms with Crippen LogP contribution in [0.3, 0.4) is 0 Å². The SMILES string of the molecule is CCCCCCCCCCC[C@@H]1CC(=O)N[C@H]([C@H](C)O)C(=O)N[C@@H](C)C(=O)N2CC[C@@H](O)[C@H]2C(=O)N[C@@H](CCCN=C(N)N)C(=O)N[C@@H]([C@H](O)C(=O)O)C(=O)N[C@@H](CO)C(=O)N2CC[C@H](O)[C@H]2C(=O)N[C@@H]([C@@H](O)C(=O)O)C(=O)O1. The molecule has 31 heteroatoms. The second-order valence-corrected chi connectivity index (χ2v) is 19.9. The lowest BCUT2D eigenvalue weighted by molar-refractivity contribution is -0.165. The number of aliphatic hydroxyl groups is 6. The summed E-state index contributed by atoms with van der Waals surface area (Å²) in [5, 5.41) is 97.1. The number of aliphatic imine (C=N–C) groups is 1. The van der Waals surface area contributed by atoms with Crippen LogP contribution in [-0.2, 0) is 57.5 Å². The molecule has 0 aliphatic carbocycles. The van der Waals surface area contributed by atoms with Crippen LogP contribution in [0.1, 0.15) is 117 Å². The largest absolute Gasteiger partial charge is 0.479 e. The van der Waals surface area contributed by atoms with E-state index in [-0.39, 0.29) is 44.7 Å². The highest BCUT2D eigenvalue weighted by atomic mass is 16.5. The highest BCUT2D eigenvalue weighted by Gasteiger charge is 2.48. The van der Waals surface area contributed by atoms with Gasteiger partial charge < -0.3 is 98.8 Å². The van der Waals surface area contributed by atoms with E-state index in [1.54, 1.807) is 0 Å². The minimum atomic E-state index is -2.81. The van der Waals surface area contributed by atoms with Crippen LogP contribution in [0, 0.1) is 0 Å². The Morgan fingerprint density at radius 1 is 0.633 bits per heavy atom. The highest BCUT2D eigenvalue weighted by Crippen LogP contribution is 2.23. The van der Waals surface area contributed by atoms with Gasteiger partial charge in [0.25, 0.3) is 0 Å². The Hall–Kier alpha value is -6.80. The number of hydrogen-bond donors (Lipinski definition) is 16. The molecule has 0 aromatic carbocycles. The number of nitrogens with one attached hydrogen (secondary N) is 6. The van der Waals surface area contributed by atoms with Crippen LogP contribution in [0.4, 0.5) is 0 Å². The number of cyclic esters (lactones) is 1. The van der Waals surface area contributed by atoms with E-state index >= 15 is 0 Å². The predicted molar refractivity (Wildman–Crippen MR) is 272 cm³/mol. The first-order valence-corrected chi connectivity index (χ1v) is 26.4. The Kier molecular flexibility index (Phi) is 27.2. The molecule has 3 aliphatic rings. The van der Waals surface area contributed by atoms with Gasteiger partial charge >= 0.3 is 17.9 Å². The summed E-state index contributed by atoms with van der Waals surface area (Å²) in [5.41, 5.74) is 10.8. The Morgan fingerprint density at radius 3 is 1.66 bits per heavy atom. The zero-order chi connectivity index (χ0) is 59.3. The monoisotopic (exact) mass is 1130 g/mol. The van der Waals surface area contributed by atoms with Crippen LogP contribution >= 0.6 is 0 Å². The zero-order valence-corrected chi connectivity index (χ0v) is 44.5. The number of ether oxygens (including phenoxy) is 1. The third-order valence-electron chi connectivity index (χ3n) is 13.6. The number of amides is 8. The molecule has 79 heavy (non-hydrogen) atoms. The Morgan fingerprint density at radius 2 is 1.13 bits per heavy atom. The highest BCUT2D eigenvalue weighted by molar-refractivity contribution is 6.00. The zero-order valence-electron chi connectivity index (χ0n) is 44.5. The molecule has 18 N–H and O–H groups in total. The normalized spacial score (nSPS) is 28.7. The third kappa shape index (κ3) is 19.8. The Balaban J connectivity index is 2.15. The topological polar surface area (TPSA) is 502 Å². The van der Waals surface area contributed by atoms with Gasteiger partial charge in [-0.2, -0.15) is 0 Å². The van der Waals surface area contributed by atoms with Gasteiger partial charge in [0.15, 0.2) is 24.2 Å². The molecular weight excluding hydrogens is 1050 g/mol. The molecule has 31 nitrogen and oxygen atoms in total. The van der Waals surface area contributed by atoms with Crippen molar-refractivity contribution in [3.8, 4) is 0 Å². The van der Waals surface area contributed by atoms with Crippen molar-refractivity contribution in [3.63, 3.8) is 0 Å². The lowest BCUT2D eigenvalue weighted by Gasteiger charge is -2.32. The van der Waals surface area contributed by atoms with Gasteiger partial charge in [-0.05, 0) is 52.4 Å². The third-order valence-corrected chi connectivity index (χ3v) is 13.6. The lowest BCUT2D eigenvalue weighted by atomic mass is 10.0. The van der Waals surface area contributed by atoms with Crippen molar-refractivity contribution in [2.24, 2.45) is 16.5 Å². The number of carboxylic acid groups (broad SMARTS) is 2. The Bertz CT molecular complexity index is 2180. The quantitative estimate of drug-likeness (QED) is 0.0233. The first-order chi connectivity index (χ1) is 37.2. The van der Waals surface area contributed by atoms with Gasteiger partial charge in [0.1, 0.15) is 48.4 Å². The molecule has 3 rings (SSSR count). The van der Waals surface area contributed by atoms with Crippen LogP contribution in [0.5, 0.6) is 0 Å². The number of carbonyl (C=O) groups excluding carboxylic acids is 9. The molecule has 0 spiro atoms. The number of guanidine groups is 1. The number of fused-ring (bicyclic) bond motifs is 2. The van der Waals surface area contributed by atoms with Crippen LogP contribution < -0.4 is 43.4 Å². The maximum absolute atomic E-state index is 14.0. The smallest absolute Gasteiger partial charge is 0.335 e. The van der Waals surface area contributed by atoms with E-state index in [0.717, 1.165) is 56.8 Å². The van der Waals surface area contributed by atoms with Crippen molar-refractivity contribution >= 4 is 71.1 Å². The molecule has 3 fully saturated rings. The molecule has 0 saturated carbocycles. The Labute approximate surface area is 455 Å². The van der Waals surface area contributed by atoms with Crippen molar-refractivity contribution in [1.29, 1.82) is 0 Å². The number of aliphatic hydroxyl groups excluding tert-OH is 6. The average molecular weight is 1130 g/mol. The van der Waals surface area contributed by atoms with Gasteiger partial charge in [-0.1, -0.05) is 58.3 Å². The van der Waals surface area contributed by atoms with Gasteiger partial charge in [-0.15, -0.1) is 0 Å². The molecule has 3 heterocycles. The maximum Gasteiger partial charge on any atom is 0.335 e. The van der Waals surface area contributed by atoms with Gasteiger partial charge in [0.05, 0.1) is 31.3 Å². The minimum absolute atomic E-state index is 0.0725. The standard InChI is InChI=1S/C48H79N11O20/c1-4-5-6-7-8-9-10-11-12-14-25-21-30(64)55-31(24(3)61)39(68)52-23(2)43(72)58-19-16-28(62)34(58)41(70)53-26(15-13-18-51-48(49)50)38(67)56-32(36(65)45(74)75)40(69)54-27(22-60)44(73)59-20-17-29(63)35(59)42(71)57-33(47(78)79-25)37(66)46(76)77/h23-29,31-37,60-63,65-66H,4-22H2,1-3H3,(H,52,68)(H,53,70)(H,54,69)(H,55,64)(H,56,67)(H,57,71)(H,74,75)(H,76,77)(H4,49,50,51)/t23-,24-,25+,26-,27-,28+,29-,31+,32-,33-,34-,35-,36-,37+/m0/s1. The minimum Gasteiger partial charge on any atom is -0.479 e. The molecule has 0 aromatic heterocycles. The van der Waals surface area contributed by atoms with Gasteiger partial charge in [0.2, 0.25) is 47.3 Å². The first kappa shape index (κ1) is 66.5. The van der Waals surface area contributed by atoms with Crippen molar-refractivity contribution in [1.82, 2.24) is 41.7 Å². The van der Waals surface area contributed by atoms with E-state index in [1.165, 1.54) is 6.92 Å². The second kappa shape index (κ2) is 32.3. The fourth-order valence-corrected chi connectivity index (χ4v) is 9.27. The molecule has 0 aromatic rings. The number of esters is 1. The number of nitrogens with two attached hydrogens (primary N) is 2. The lowest BCUT2D eigenvalue weighted by Crippen LogP contribution is -2.64. The number of nitrogens with zero attached hydrogens (tertiary/aromatic N) is 3. The van der Waals surface area contributed by atoms with Crippen LogP contribution in [0.25, 0.3) is 0 Å². The summed E-state index contributed by atoms with van der Waals surface area (Å²) in [6, 6.07) is -16.2. The summed E-state index contributed by atoms with van der Waals surface area (Å²) in [6.07, 6.45) is -6.34.